The number of aryl methyl sites for hydroxylation is 1. The molecular weight excluding hydrogens is 343 g/mol. The van der Waals surface area contributed by atoms with Gasteiger partial charge in [-0.15, -0.1) is 0 Å². The molecule has 1 aliphatic heterocycles. The van der Waals surface area contributed by atoms with Gasteiger partial charge in [0.15, 0.2) is 5.78 Å². The van der Waals surface area contributed by atoms with Crippen LogP contribution in [0.3, 0.4) is 0 Å². The highest BCUT2D eigenvalue weighted by molar-refractivity contribution is 6.00. The number of ether oxygens (including phenoxy) is 1. The monoisotopic (exact) mass is 368 g/mol. The van der Waals surface area contributed by atoms with E-state index in [1.807, 2.05) is 19.1 Å². The smallest absolute Gasteiger partial charge is 0.213 e. The quantitative estimate of drug-likeness (QED) is 0.778. The zero-order valence-corrected chi connectivity index (χ0v) is 15.6. The summed E-state index contributed by atoms with van der Waals surface area (Å²) in [4.78, 5) is 16.9. The lowest BCUT2D eigenvalue weighted by atomic mass is 9.94. The van der Waals surface area contributed by atoms with Crippen molar-refractivity contribution in [2.45, 2.75) is 45.1 Å². The summed E-state index contributed by atoms with van der Waals surface area (Å²) in [6.07, 6.45) is 3.98. The van der Waals surface area contributed by atoms with Crippen LogP contribution in [0.15, 0.2) is 30.3 Å². The zero-order chi connectivity index (χ0) is 18.8. The summed E-state index contributed by atoms with van der Waals surface area (Å²) in [6, 6.07) is 8.88. The van der Waals surface area contributed by atoms with E-state index in [2.05, 4.69) is 10.3 Å². The Morgan fingerprint density at radius 1 is 1.22 bits per heavy atom. The summed E-state index contributed by atoms with van der Waals surface area (Å²) in [5.74, 6) is 0.726. The number of ketones is 1. The molecule has 2 fully saturated rings. The molecule has 0 bridgehead atoms. The number of carbonyl (C=O) groups is 1. The minimum atomic E-state index is -0.390. The first-order chi connectivity index (χ1) is 13.1. The van der Waals surface area contributed by atoms with Crippen LogP contribution < -0.4 is 10.1 Å². The molecule has 1 saturated carbocycles. The second-order valence-corrected chi connectivity index (χ2v) is 7.61. The van der Waals surface area contributed by atoms with Gasteiger partial charge in [0.05, 0.1) is 0 Å². The van der Waals surface area contributed by atoms with Gasteiger partial charge >= 0.3 is 0 Å². The number of pyridine rings is 1. The number of carbonyl (C=O) groups excluding carboxylic acids is 1. The molecule has 2 aliphatic rings. The van der Waals surface area contributed by atoms with E-state index >= 15 is 0 Å². The topological polar surface area (TPSA) is 51.2 Å². The number of halogens is 1. The fourth-order valence-electron chi connectivity index (χ4n) is 3.69. The maximum Gasteiger partial charge on any atom is 0.213 e. The summed E-state index contributed by atoms with van der Waals surface area (Å²) in [5.41, 5.74) is 2.80. The average Bonchev–Trinajstić information content (AvgIpc) is 3.54. The maximum absolute atomic E-state index is 14.5. The molecule has 1 aromatic heterocycles. The average molecular weight is 368 g/mol. The van der Waals surface area contributed by atoms with Crippen molar-refractivity contribution < 1.29 is 13.9 Å². The number of nitrogens with zero attached hydrogens (tertiary/aromatic N) is 1. The number of piperidine rings is 1. The number of hydrogen-bond donors (Lipinski definition) is 1. The number of Topliss-reactive ketones (excluding diaryl/α,β-unsaturated/α-hetero) is 1. The third-order valence-electron chi connectivity index (χ3n) is 5.49. The molecule has 1 aliphatic carbocycles. The van der Waals surface area contributed by atoms with E-state index in [1.165, 1.54) is 6.07 Å². The van der Waals surface area contributed by atoms with Crippen molar-refractivity contribution in [3.8, 4) is 5.88 Å². The first-order valence-corrected chi connectivity index (χ1v) is 9.75. The van der Waals surface area contributed by atoms with Gasteiger partial charge in [-0.3, -0.25) is 4.79 Å². The number of nitrogens with one attached hydrogen (secondary N) is 1. The van der Waals surface area contributed by atoms with Crippen LogP contribution in [-0.4, -0.2) is 23.9 Å². The molecule has 1 saturated heterocycles. The third kappa shape index (κ3) is 4.19. The van der Waals surface area contributed by atoms with Crippen LogP contribution in [0.1, 0.15) is 58.8 Å². The fraction of sp³-hybridized carbons (Fsp3) is 0.455. The lowest BCUT2D eigenvalue weighted by Gasteiger charge is -2.22. The maximum atomic E-state index is 14.5. The standard InChI is InChI=1S/C22H25FN2O2/c1-14-11-17(19(23)12-18(14)22(26)16-5-6-16)13-27-21-4-2-3-20(25-21)15-7-9-24-10-8-15/h2-4,11-12,15-16,24H,5-10,13H2,1H3. The van der Waals surface area contributed by atoms with Gasteiger partial charge in [0.2, 0.25) is 5.88 Å². The van der Waals surface area contributed by atoms with Gasteiger partial charge in [0.25, 0.3) is 0 Å². The van der Waals surface area contributed by atoms with Crippen LogP contribution in [0.5, 0.6) is 5.88 Å². The Kier molecular flexibility index (Phi) is 5.21. The molecule has 2 heterocycles. The minimum Gasteiger partial charge on any atom is -0.473 e. The Balaban J connectivity index is 1.45. The molecule has 4 rings (SSSR count). The van der Waals surface area contributed by atoms with Gasteiger partial charge in [0, 0.05) is 34.7 Å². The summed E-state index contributed by atoms with van der Waals surface area (Å²) < 4.78 is 20.3. The van der Waals surface area contributed by atoms with E-state index in [0.717, 1.165) is 50.0 Å². The van der Waals surface area contributed by atoms with Crippen molar-refractivity contribution >= 4 is 5.78 Å². The normalized spacial score (nSPS) is 17.7. The van der Waals surface area contributed by atoms with Gasteiger partial charge < -0.3 is 10.1 Å². The SMILES string of the molecule is Cc1cc(COc2cccc(C3CCNCC3)n2)c(F)cc1C(=O)C1CC1. The van der Waals surface area contributed by atoms with E-state index in [0.29, 0.717) is 22.9 Å². The summed E-state index contributed by atoms with van der Waals surface area (Å²) in [7, 11) is 0. The van der Waals surface area contributed by atoms with Crippen LogP contribution in [-0.2, 0) is 6.61 Å². The Hall–Kier alpha value is -2.27. The first-order valence-electron chi connectivity index (χ1n) is 9.75. The molecule has 0 radical (unpaired) electrons. The lowest BCUT2D eigenvalue weighted by molar-refractivity contribution is 0.0966. The second-order valence-electron chi connectivity index (χ2n) is 7.61. The van der Waals surface area contributed by atoms with Crippen molar-refractivity contribution in [1.29, 1.82) is 0 Å². The highest BCUT2D eigenvalue weighted by Gasteiger charge is 2.31. The number of rotatable bonds is 6. The van der Waals surface area contributed by atoms with Crippen molar-refractivity contribution in [3.05, 3.63) is 58.5 Å². The van der Waals surface area contributed by atoms with Crippen LogP contribution in [0.2, 0.25) is 0 Å². The Morgan fingerprint density at radius 3 is 2.74 bits per heavy atom. The molecule has 5 heteroatoms. The van der Waals surface area contributed by atoms with Crippen LogP contribution in [0, 0.1) is 18.7 Å². The third-order valence-corrected chi connectivity index (χ3v) is 5.49. The van der Waals surface area contributed by atoms with E-state index in [-0.39, 0.29) is 24.1 Å². The number of aromatic nitrogens is 1. The summed E-state index contributed by atoms with van der Waals surface area (Å²) >= 11 is 0. The molecule has 0 atom stereocenters. The van der Waals surface area contributed by atoms with Gasteiger partial charge in [-0.25, -0.2) is 9.37 Å². The Bertz CT molecular complexity index is 842. The van der Waals surface area contributed by atoms with E-state index in [4.69, 9.17) is 4.74 Å². The highest BCUT2D eigenvalue weighted by atomic mass is 19.1. The molecule has 142 valence electrons. The lowest BCUT2D eigenvalue weighted by Crippen LogP contribution is -2.27. The van der Waals surface area contributed by atoms with Crippen LogP contribution in [0.4, 0.5) is 4.39 Å². The predicted octanol–water partition coefficient (Wildman–Crippen LogP) is 4.17. The van der Waals surface area contributed by atoms with Crippen molar-refractivity contribution in [1.82, 2.24) is 10.3 Å². The van der Waals surface area contributed by atoms with Crippen LogP contribution >= 0.6 is 0 Å². The molecule has 1 aromatic carbocycles. The minimum absolute atomic E-state index is 0.0650. The molecule has 1 N–H and O–H groups in total. The van der Waals surface area contributed by atoms with Gasteiger partial charge in [-0.1, -0.05) is 6.07 Å². The van der Waals surface area contributed by atoms with Crippen molar-refractivity contribution in [2.75, 3.05) is 13.1 Å². The highest BCUT2D eigenvalue weighted by Crippen LogP contribution is 2.34. The van der Waals surface area contributed by atoms with E-state index in [9.17, 15) is 9.18 Å². The second kappa shape index (κ2) is 7.77. The van der Waals surface area contributed by atoms with Crippen molar-refractivity contribution in [2.24, 2.45) is 5.92 Å². The molecule has 0 amide bonds. The molecule has 0 spiro atoms. The predicted molar refractivity (Wildman–Crippen MR) is 102 cm³/mol. The summed E-state index contributed by atoms with van der Waals surface area (Å²) in [5, 5.41) is 3.36. The van der Waals surface area contributed by atoms with Gasteiger partial charge in [-0.05, 0) is 69.5 Å². The van der Waals surface area contributed by atoms with E-state index < -0.39 is 0 Å². The number of benzene rings is 1. The summed E-state index contributed by atoms with van der Waals surface area (Å²) in [6.45, 7) is 3.98. The number of hydrogen-bond acceptors (Lipinski definition) is 4. The Morgan fingerprint density at radius 2 is 2.00 bits per heavy atom. The van der Waals surface area contributed by atoms with Crippen molar-refractivity contribution in [3.63, 3.8) is 0 Å². The van der Waals surface area contributed by atoms with Gasteiger partial charge in [-0.2, -0.15) is 0 Å². The Labute approximate surface area is 159 Å². The molecule has 27 heavy (non-hydrogen) atoms. The zero-order valence-electron chi connectivity index (χ0n) is 15.6. The molecule has 2 aromatic rings. The van der Waals surface area contributed by atoms with E-state index in [1.54, 1.807) is 12.1 Å². The molecule has 4 nitrogen and oxygen atoms in total. The largest absolute Gasteiger partial charge is 0.473 e. The van der Waals surface area contributed by atoms with Gasteiger partial charge in [0.1, 0.15) is 12.4 Å². The first kappa shape index (κ1) is 18.1. The van der Waals surface area contributed by atoms with Crippen LogP contribution in [0.25, 0.3) is 0 Å². The fourth-order valence-corrected chi connectivity index (χ4v) is 3.69. The molecular formula is C22H25FN2O2. The molecule has 0 unspecified atom stereocenters.